The lowest BCUT2D eigenvalue weighted by Gasteiger charge is -2.33. The molecule has 0 amide bonds. The van der Waals surface area contributed by atoms with E-state index in [2.05, 4.69) is 5.10 Å². The number of anilines is 1. The van der Waals surface area contributed by atoms with Gasteiger partial charge in [0.2, 0.25) is 10.0 Å². The first-order chi connectivity index (χ1) is 10.1. The Morgan fingerprint density at radius 3 is 2.52 bits per heavy atom. The maximum absolute atomic E-state index is 11.9. The molecule has 2 N–H and O–H groups in total. The number of primary sulfonamides is 1. The van der Waals surface area contributed by atoms with Gasteiger partial charge in [-0.05, 0) is 30.4 Å². The molecule has 3 rings (SSSR count). The number of hydrogen-bond donors (Lipinski definition) is 1. The van der Waals surface area contributed by atoms with E-state index in [0.29, 0.717) is 0 Å². The molecule has 1 unspecified atom stereocenters. The van der Waals surface area contributed by atoms with Crippen LogP contribution >= 0.6 is 0 Å². The van der Waals surface area contributed by atoms with Crippen molar-refractivity contribution in [2.75, 3.05) is 4.90 Å². The number of allylic oxidation sites excluding steroid dienone is 2. The molecule has 0 aliphatic carbocycles. The Balaban J connectivity index is 2.13. The molecule has 0 fully saturated rings. The fourth-order valence-electron chi connectivity index (χ4n) is 2.29. The zero-order valence-corrected chi connectivity index (χ0v) is 11.9. The Morgan fingerprint density at radius 2 is 1.90 bits per heavy atom. The minimum atomic E-state index is -3.83. The van der Waals surface area contributed by atoms with Crippen molar-refractivity contribution in [1.29, 1.82) is 0 Å². The fourth-order valence-corrected chi connectivity index (χ4v) is 3.07. The maximum atomic E-state index is 11.9. The van der Waals surface area contributed by atoms with Crippen molar-refractivity contribution in [1.82, 2.24) is 9.78 Å². The minimum absolute atomic E-state index is 0.0950. The molecular formula is C14H14N4O2S. The molecule has 21 heavy (non-hydrogen) atoms. The number of para-hydroxylation sites is 1. The van der Waals surface area contributed by atoms with Crippen molar-refractivity contribution >= 4 is 15.7 Å². The average Bonchev–Trinajstić information content (AvgIpc) is 3.00. The summed E-state index contributed by atoms with van der Waals surface area (Å²) in [4.78, 5) is 1.91. The third kappa shape index (κ3) is 2.61. The summed E-state index contributed by atoms with van der Waals surface area (Å²) >= 11 is 0. The molecule has 0 bridgehead atoms. The van der Waals surface area contributed by atoms with Gasteiger partial charge in [0.15, 0.2) is 6.17 Å². The van der Waals surface area contributed by atoms with Crippen LogP contribution in [-0.2, 0) is 10.0 Å². The van der Waals surface area contributed by atoms with Crippen LogP contribution in [0.15, 0.2) is 72.0 Å². The van der Waals surface area contributed by atoms with Crippen LogP contribution in [0, 0.1) is 0 Å². The Labute approximate surface area is 122 Å². The van der Waals surface area contributed by atoms with Gasteiger partial charge >= 0.3 is 0 Å². The second-order valence-electron chi connectivity index (χ2n) is 4.56. The van der Waals surface area contributed by atoms with Gasteiger partial charge in [0.25, 0.3) is 0 Å². The second kappa shape index (κ2) is 5.19. The highest BCUT2D eigenvalue weighted by Gasteiger charge is 2.31. The van der Waals surface area contributed by atoms with Crippen LogP contribution in [-0.4, -0.2) is 18.2 Å². The van der Waals surface area contributed by atoms with Gasteiger partial charge < -0.3 is 4.90 Å². The Bertz CT molecular complexity index is 780. The second-order valence-corrected chi connectivity index (χ2v) is 6.12. The van der Waals surface area contributed by atoms with Gasteiger partial charge in [-0.3, -0.25) is 0 Å². The predicted molar refractivity (Wildman–Crippen MR) is 80.5 cm³/mol. The minimum Gasteiger partial charge on any atom is -0.321 e. The average molecular weight is 302 g/mol. The van der Waals surface area contributed by atoms with E-state index in [1.54, 1.807) is 35.4 Å². The molecule has 108 valence electrons. The molecule has 0 spiro atoms. The number of aromatic nitrogens is 2. The van der Waals surface area contributed by atoms with Gasteiger partial charge in [0.05, 0.1) is 0 Å². The van der Waals surface area contributed by atoms with E-state index < -0.39 is 16.2 Å². The van der Waals surface area contributed by atoms with Crippen LogP contribution in [0.25, 0.3) is 0 Å². The Morgan fingerprint density at radius 1 is 1.14 bits per heavy atom. The van der Waals surface area contributed by atoms with Crippen molar-refractivity contribution < 1.29 is 8.42 Å². The molecule has 2 heterocycles. The molecule has 6 nitrogen and oxygen atoms in total. The summed E-state index contributed by atoms with van der Waals surface area (Å²) in [7, 11) is -3.83. The Hall–Kier alpha value is -2.38. The van der Waals surface area contributed by atoms with Crippen molar-refractivity contribution in [2.45, 2.75) is 6.17 Å². The molecule has 1 aromatic carbocycles. The molecule has 0 saturated carbocycles. The van der Waals surface area contributed by atoms with Crippen molar-refractivity contribution in [3.63, 3.8) is 0 Å². The Kier molecular flexibility index (Phi) is 3.36. The van der Waals surface area contributed by atoms with E-state index in [-0.39, 0.29) is 4.91 Å². The number of hydrogen-bond acceptors (Lipinski definition) is 4. The van der Waals surface area contributed by atoms with E-state index in [9.17, 15) is 8.42 Å². The van der Waals surface area contributed by atoms with Gasteiger partial charge in [-0.1, -0.05) is 18.2 Å². The lowest BCUT2D eigenvalue weighted by molar-refractivity contribution is 0.519. The van der Waals surface area contributed by atoms with Crippen LogP contribution in [0.3, 0.4) is 0 Å². The van der Waals surface area contributed by atoms with Gasteiger partial charge in [0, 0.05) is 24.3 Å². The SMILES string of the molecule is NS(=O)(=O)C1=CC=CN(c2ccccc2)C1n1cccn1. The number of sulfonamides is 1. The number of nitrogens with zero attached hydrogens (tertiary/aromatic N) is 3. The molecule has 7 heteroatoms. The van der Waals surface area contributed by atoms with E-state index in [0.717, 1.165) is 5.69 Å². The maximum Gasteiger partial charge on any atom is 0.238 e. The lowest BCUT2D eigenvalue weighted by atomic mass is 10.2. The number of rotatable bonds is 3. The van der Waals surface area contributed by atoms with E-state index in [1.807, 2.05) is 35.2 Å². The van der Waals surface area contributed by atoms with Gasteiger partial charge in [-0.25, -0.2) is 18.2 Å². The van der Waals surface area contributed by atoms with Crippen LogP contribution in [0.5, 0.6) is 0 Å². The third-order valence-corrected chi connectivity index (χ3v) is 4.19. The highest BCUT2D eigenvalue weighted by molar-refractivity contribution is 7.93. The zero-order chi connectivity index (χ0) is 14.9. The first-order valence-electron chi connectivity index (χ1n) is 6.31. The normalized spacial score (nSPS) is 18.6. The van der Waals surface area contributed by atoms with Crippen molar-refractivity contribution in [3.8, 4) is 0 Å². The first-order valence-corrected chi connectivity index (χ1v) is 7.86. The molecule has 0 radical (unpaired) electrons. The molecule has 1 atom stereocenters. The third-order valence-electron chi connectivity index (χ3n) is 3.18. The van der Waals surface area contributed by atoms with Crippen LogP contribution < -0.4 is 10.0 Å². The number of benzene rings is 1. The van der Waals surface area contributed by atoms with Crippen molar-refractivity contribution in [2.24, 2.45) is 5.14 Å². The topological polar surface area (TPSA) is 81.2 Å². The predicted octanol–water partition coefficient (Wildman–Crippen LogP) is 1.59. The highest BCUT2D eigenvalue weighted by Crippen LogP contribution is 2.32. The van der Waals surface area contributed by atoms with Gasteiger partial charge in [-0.15, -0.1) is 0 Å². The first kappa shape index (κ1) is 13.6. The molecular weight excluding hydrogens is 288 g/mol. The molecule has 1 aliphatic heterocycles. The molecule has 2 aromatic rings. The quantitative estimate of drug-likeness (QED) is 0.933. The zero-order valence-electron chi connectivity index (χ0n) is 11.1. The fraction of sp³-hybridized carbons (Fsp3) is 0.0714. The number of nitrogens with two attached hydrogens (primary N) is 1. The van der Waals surface area contributed by atoms with Crippen molar-refractivity contribution in [3.05, 3.63) is 72.0 Å². The molecule has 1 aliphatic rings. The van der Waals surface area contributed by atoms with E-state index in [1.165, 1.54) is 6.08 Å². The van der Waals surface area contributed by atoms with E-state index >= 15 is 0 Å². The van der Waals surface area contributed by atoms with Gasteiger partial charge in [0.1, 0.15) is 4.91 Å². The summed E-state index contributed by atoms with van der Waals surface area (Å²) in [6, 6.07) is 11.2. The lowest BCUT2D eigenvalue weighted by Crippen LogP contribution is -2.36. The van der Waals surface area contributed by atoms with E-state index in [4.69, 9.17) is 5.14 Å². The summed E-state index contributed by atoms with van der Waals surface area (Å²) in [6.45, 7) is 0. The summed E-state index contributed by atoms with van der Waals surface area (Å²) in [5.74, 6) is 0. The summed E-state index contributed by atoms with van der Waals surface area (Å²) in [5.41, 5.74) is 0.850. The van der Waals surface area contributed by atoms with Crippen LogP contribution in [0.1, 0.15) is 6.17 Å². The smallest absolute Gasteiger partial charge is 0.238 e. The standard InChI is InChI=1S/C14H14N4O2S/c15-21(19,20)13-8-4-10-17(12-6-2-1-3-7-12)14(13)18-11-5-9-16-18/h1-11,14H,(H2,15,19,20). The van der Waals surface area contributed by atoms with Gasteiger partial charge in [-0.2, -0.15) is 5.10 Å². The highest BCUT2D eigenvalue weighted by atomic mass is 32.2. The summed E-state index contributed by atoms with van der Waals surface area (Å²) < 4.78 is 25.3. The molecule has 0 saturated heterocycles. The largest absolute Gasteiger partial charge is 0.321 e. The van der Waals surface area contributed by atoms with Crippen LogP contribution in [0.2, 0.25) is 0 Å². The summed E-state index contributed by atoms with van der Waals surface area (Å²) in [5, 5.41) is 9.51. The summed E-state index contributed by atoms with van der Waals surface area (Å²) in [6.07, 6.45) is 7.63. The monoisotopic (exact) mass is 302 g/mol. The molecule has 1 aromatic heterocycles. The van der Waals surface area contributed by atoms with Crippen LogP contribution in [0.4, 0.5) is 5.69 Å².